The second-order valence-electron chi connectivity index (χ2n) is 8.40. The molecule has 0 atom stereocenters. The summed E-state index contributed by atoms with van der Waals surface area (Å²) < 4.78 is 39.9. The number of halogens is 2. The number of rotatable bonds is 0. The lowest BCUT2D eigenvalue weighted by Crippen LogP contribution is -2.50. The fraction of sp³-hybridized carbons (Fsp3) is 0.500. The summed E-state index contributed by atoms with van der Waals surface area (Å²) in [5.74, 6) is -1.26. The molecule has 0 aliphatic carbocycles. The highest BCUT2D eigenvalue weighted by Crippen LogP contribution is 2.50. The fourth-order valence-electron chi connectivity index (χ4n) is 4.02. The predicted octanol–water partition coefficient (Wildman–Crippen LogP) is 4.28. The Bertz CT molecular complexity index is 941. The highest BCUT2D eigenvalue weighted by atomic mass is 19.1. The van der Waals surface area contributed by atoms with Gasteiger partial charge in [0.15, 0.2) is 0 Å². The van der Waals surface area contributed by atoms with Gasteiger partial charge in [-0.2, -0.15) is 5.10 Å². The minimum atomic E-state index is -0.793. The number of benzene rings is 1. The third-order valence-electron chi connectivity index (χ3n) is 5.19. The second-order valence-corrected chi connectivity index (χ2v) is 8.40. The topological polar surface area (TPSA) is 67.5 Å². The maximum Gasteiger partial charge on any atom is 0.410 e. The first-order chi connectivity index (χ1) is 13.1. The van der Waals surface area contributed by atoms with Crippen LogP contribution >= 0.6 is 0 Å². The van der Waals surface area contributed by atoms with E-state index in [2.05, 4.69) is 10.2 Å². The third-order valence-corrected chi connectivity index (χ3v) is 5.19. The molecule has 2 aliphatic rings. The Morgan fingerprint density at radius 2 is 1.96 bits per heavy atom. The zero-order chi connectivity index (χ0) is 20.3. The maximum atomic E-state index is 14.5. The molecule has 2 aliphatic heterocycles. The van der Waals surface area contributed by atoms with E-state index in [0.717, 1.165) is 17.3 Å². The van der Waals surface area contributed by atoms with E-state index in [-0.39, 0.29) is 17.4 Å². The van der Waals surface area contributed by atoms with Crippen molar-refractivity contribution in [1.29, 1.82) is 0 Å². The predicted molar refractivity (Wildman–Crippen MR) is 98.0 cm³/mol. The number of aromatic nitrogens is 2. The quantitative estimate of drug-likeness (QED) is 0.728. The molecule has 0 unspecified atom stereocenters. The summed E-state index contributed by atoms with van der Waals surface area (Å²) in [6.45, 7) is 8.13. The van der Waals surface area contributed by atoms with Crippen LogP contribution < -0.4 is 4.74 Å². The Kier molecular flexibility index (Phi) is 4.13. The number of nitrogens with one attached hydrogen (secondary N) is 1. The normalized spacial score (nSPS) is 17.7. The van der Waals surface area contributed by atoms with E-state index >= 15 is 0 Å². The lowest BCUT2D eigenvalue weighted by atomic mass is 9.79. The molecule has 1 saturated heterocycles. The average molecular weight is 391 g/mol. The molecule has 2 aromatic rings. The summed E-state index contributed by atoms with van der Waals surface area (Å²) in [7, 11) is 0. The lowest BCUT2D eigenvalue weighted by molar-refractivity contribution is -0.0221. The van der Waals surface area contributed by atoms with Crippen molar-refractivity contribution in [2.45, 2.75) is 51.7 Å². The molecule has 1 N–H and O–H groups in total. The number of H-pyrrole nitrogens is 1. The Morgan fingerprint density at radius 1 is 1.29 bits per heavy atom. The SMILES string of the molecule is Cc1[nH]nc2c1C1(CCN(C(=O)OC(C)(C)C)CC1)Oc1cc(F)cc(F)c1-2. The van der Waals surface area contributed by atoms with Crippen molar-refractivity contribution in [3.8, 4) is 17.0 Å². The summed E-state index contributed by atoms with van der Waals surface area (Å²) in [6, 6.07) is 2.02. The number of hydrogen-bond donors (Lipinski definition) is 1. The van der Waals surface area contributed by atoms with Crippen molar-refractivity contribution in [3.05, 3.63) is 35.0 Å². The van der Waals surface area contributed by atoms with Crippen LogP contribution in [0.25, 0.3) is 11.3 Å². The van der Waals surface area contributed by atoms with E-state index in [1.54, 1.807) is 4.90 Å². The van der Waals surface area contributed by atoms with Crippen LogP contribution in [-0.4, -0.2) is 39.9 Å². The minimum absolute atomic E-state index is 0.141. The van der Waals surface area contributed by atoms with Gasteiger partial charge in [0.2, 0.25) is 0 Å². The van der Waals surface area contributed by atoms with E-state index in [9.17, 15) is 13.6 Å². The van der Waals surface area contributed by atoms with Crippen molar-refractivity contribution < 1.29 is 23.0 Å². The highest BCUT2D eigenvalue weighted by molar-refractivity contribution is 5.75. The highest BCUT2D eigenvalue weighted by Gasteiger charge is 2.48. The van der Waals surface area contributed by atoms with Crippen LogP contribution in [0, 0.1) is 18.6 Å². The van der Waals surface area contributed by atoms with Crippen LogP contribution in [0.1, 0.15) is 44.9 Å². The van der Waals surface area contributed by atoms with Crippen LogP contribution in [-0.2, 0) is 10.3 Å². The first kappa shape index (κ1) is 18.7. The molecule has 28 heavy (non-hydrogen) atoms. The van der Waals surface area contributed by atoms with Gasteiger partial charge in [-0.3, -0.25) is 5.10 Å². The molecular weight excluding hydrogens is 368 g/mol. The van der Waals surface area contributed by atoms with Crippen molar-refractivity contribution in [1.82, 2.24) is 15.1 Å². The number of aromatic amines is 1. The van der Waals surface area contributed by atoms with Gasteiger partial charge in [0, 0.05) is 49.3 Å². The van der Waals surface area contributed by atoms with Crippen LogP contribution in [0.4, 0.5) is 13.6 Å². The largest absolute Gasteiger partial charge is 0.481 e. The zero-order valence-corrected chi connectivity index (χ0v) is 16.4. The molecular formula is C20H23F2N3O3. The van der Waals surface area contributed by atoms with E-state index in [4.69, 9.17) is 9.47 Å². The lowest BCUT2D eigenvalue weighted by Gasteiger charge is -2.44. The first-order valence-corrected chi connectivity index (χ1v) is 9.31. The van der Waals surface area contributed by atoms with Crippen molar-refractivity contribution >= 4 is 6.09 Å². The number of fused-ring (bicyclic) bond motifs is 4. The Morgan fingerprint density at radius 3 is 2.61 bits per heavy atom. The summed E-state index contributed by atoms with van der Waals surface area (Å²) in [5.41, 5.74) is 0.793. The average Bonchev–Trinajstić information content (AvgIpc) is 2.96. The van der Waals surface area contributed by atoms with Gasteiger partial charge in [-0.05, 0) is 27.7 Å². The van der Waals surface area contributed by atoms with Crippen molar-refractivity contribution in [3.63, 3.8) is 0 Å². The van der Waals surface area contributed by atoms with Gasteiger partial charge >= 0.3 is 6.09 Å². The molecule has 3 heterocycles. The maximum absolute atomic E-state index is 14.5. The van der Waals surface area contributed by atoms with E-state index < -0.39 is 22.8 Å². The standard InChI is InChI=1S/C20H23F2N3O3/c1-11-16-17(24-23-11)15-13(22)9-12(21)10-14(15)27-20(16)5-7-25(8-6-20)18(26)28-19(2,3)4/h9-10H,5-8H2,1-4H3,(H,23,24). The Balaban J connectivity index is 1.66. The number of piperidine rings is 1. The van der Waals surface area contributed by atoms with Gasteiger partial charge < -0.3 is 14.4 Å². The summed E-state index contributed by atoms with van der Waals surface area (Å²) in [4.78, 5) is 14.0. The Hall–Kier alpha value is -2.64. The minimum Gasteiger partial charge on any atom is -0.481 e. The number of carbonyl (C=O) groups excluding carboxylic acids is 1. The molecule has 1 aromatic carbocycles. The van der Waals surface area contributed by atoms with Gasteiger partial charge in [0.05, 0.1) is 5.56 Å². The van der Waals surface area contributed by atoms with Gasteiger partial charge in [-0.25, -0.2) is 13.6 Å². The van der Waals surface area contributed by atoms with Gasteiger partial charge in [0.1, 0.15) is 34.3 Å². The van der Waals surface area contributed by atoms with Crippen molar-refractivity contribution in [2.75, 3.05) is 13.1 Å². The van der Waals surface area contributed by atoms with Crippen LogP contribution in [0.5, 0.6) is 5.75 Å². The van der Waals surface area contributed by atoms with Crippen LogP contribution in [0.2, 0.25) is 0 Å². The van der Waals surface area contributed by atoms with E-state index in [1.807, 2.05) is 27.7 Å². The molecule has 1 fully saturated rings. The van der Waals surface area contributed by atoms with Crippen LogP contribution in [0.3, 0.4) is 0 Å². The van der Waals surface area contributed by atoms with Gasteiger partial charge in [-0.1, -0.05) is 0 Å². The smallest absolute Gasteiger partial charge is 0.410 e. The monoisotopic (exact) mass is 391 g/mol. The summed E-state index contributed by atoms with van der Waals surface area (Å²) >= 11 is 0. The van der Waals surface area contributed by atoms with E-state index in [1.165, 1.54) is 6.07 Å². The molecule has 6 nitrogen and oxygen atoms in total. The first-order valence-electron chi connectivity index (χ1n) is 9.31. The van der Waals surface area contributed by atoms with Crippen LogP contribution in [0.15, 0.2) is 12.1 Å². The fourth-order valence-corrected chi connectivity index (χ4v) is 4.02. The number of nitrogens with zero attached hydrogens (tertiary/aromatic N) is 2. The molecule has 4 rings (SSSR count). The molecule has 0 bridgehead atoms. The summed E-state index contributed by atoms with van der Waals surface area (Å²) in [5, 5.41) is 7.17. The van der Waals surface area contributed by atoms with Gasteiger partial charge in [0.25, 0.3) is 0 Å². The molecule has 1 spiro atoms. The van der Waals surface area contributed by atoms with E-state index in [0.29, 0.717) is 31.6 Å². The zero-order valence-electron chi connectivity index (χ0n) is 16.4. The number of likely N-dealkylation sites (tertiary alicyclic amines) is 1. The number of amides is 1. The van der Waals surface area contributed by atoms with Crippen molar-refractivity contribution in [2.24, 2.45) is 0 Å². The number of carbonyl (C=O) groups is 1. The molecule has 8 heteroatoms. The molecule has 0 saturated carbocycles. The molecule has 0 radical (unpaired) electrons. The number of hydrogen-bond acceptors (Lipinski definition) is 4. The number of aryl methyl sites for hydroxylation is 1. The Labute approximate surface area is 161 Å². The molecule has 1 aromatic heterocycles. The molecule has 1 amide bonds. The third kappa shape index (κ3) is 3.00. The second kappa shape index (κ2) is 6.18. The molecule has 150 valence electrons. The number of ether oxygens (including phenoxy) is 2. The van der Waals surface area contributed by atoms with Gasteiger partial charge in [-0.15, -0.1) is 0 Å². The summed E-state index contributed by atoms with van der Waals surface area (Å²) in [6.07, 6.45) is 0.564.